The Morgan fingerprint density at radius 3 is 2.38 bits per heavy atom. The number of phosphoric acid groups is 1. The van der Waals surface area contributed by atoms with Gasteiger partial charge in [-0.05, 0) is 6.42 Å². The van der Waals surface area contributed by atoms with Crippen molar-refractivity contribution < 1.29 is 37.9 Å². The SMILES string of the molecule is CCCCCCCC(=O)OCCCOP(=O)(O)OC[C@H](N)C(=O)O. The van der Waals surface area contributed by atoms with Gasteiger partial charge in [0.25, 0.3) is 0 Å². The summed E-state index contributed by atoms with van der Waals surface area (Å²) in [5, 5.41) is 8.52. The molecule has 0 aliphatic heterocycles. The lowest BCUT2D eigenvalue weighted by molar-refractivity contribution is -0.144. The molecule has 0 radical (unpaired) electrons. The van der Waals surface area contributed by atoms with Crippen molar-refractivity contribution in [3.8, 4) is 0 Å². The molecule has 0 aromatic carbocycles. The van der Waals surface area contributed by atoms with Crippen LogP contribution in [-0.2, 0) is 27.9 Å². The predicted octanol–water partition coefficient (Wildman–Crippen LogP) is 1.83. The summed E-state index contributed by atoms with van der Waals surface area (Å²) in [4.78, 5) is 31.2. The van der Waals surface area contributed by atoms with Crippen LogP contribution in [0.2, 0.25) is 0 Å². The zero-order valence-electron chi connectivity index (χ0n) is 14.0. The van der Waals surface area contributed by atoms with E-state index >= 15 is 0 Å². The van der Waals surface area contributed by atoms with Gasteiger partial charge < -0.3 is 20.5 Å². The number of carboxylic acid groups (broad SMARTS) is 1. The molecule has 0 fully saturated rings. The minimum atomic E-state index is -4.36. The number of ether oxygens (including phenoxy) is 1. The molecule has 24 heavy (non-hydrogen) atoms. The number of nitrogens with two attached hydrogens (primary N) is 1. The molecule has 142 valence electrons. The van der Waals surface area contributed by atoms with Crippen LogP contribution in [0.25, 0.3) is 0 Å². The fourth-order valence-corrected chi connectivity index (χ4v) is 2.44. The van der Waals surface area contributed by atoms with Gasteiger partial charge in [0.2, 0.25) is 0 Å². The Hall–Kier alpha value is -0.990. The molecule has 0 amide bonds. The third kappa shape index (κ3) is 13.4. The Kier molecular flexibility index (Phi) is 12.8. The minimum Gasteiger partial charge on any atom is -0.480 e. The molecule has 0 aliphatic rings. The number of hydrogen-bond donors (Lipinski definition) is 3. The van der Waals surface area contributed by atoms with Crippen LogP contribution in [0.5, 0.6) is 0 Å². The first-order valence-electron chi connectivity index (χ1n) is 8.04. The van der Waals surface area contributed by atoms with Crippen molar-refractivity contribution in [3.63, 3.8) is 0 Å². The zero-order chi connectivity index (χ0) is 18.4. The lowest BCUT2D eigenvalue weighted by Gasteiger charge is -2.13. The van der Waals surface area contributed by atoms with E-state index in [2.05, 4.69) is 16.0 Å². The highest BCUT2D eigenvalue weighted by molar-refractivity contribution is 7.47. The molecule has 10 heteroatoms. The van der Waals surface area contributed by atoms with E-state index in [-0.39, 0.29) is 25.6 Å². The molecule has 0 rings (SSSR count). The number of carbonyl (C=O) groups excluding carboxylic acids is 1. The number of unbranched alkanes of at least 4 members (excludes halogenated alkanes) is 4. The lowest BCUT2D eigenvalue weighted by atomic mass is 10.1. The molecule has 0 aromatic rings. The second-order valence-electron chi connectivity index (χ2n) is 5.28. The summed E-state index contributed by atoms with van der Waals surface area (Å²) in [7, 11) is -4.36. The molecule has 2 atom stereocenters. The minimum absolute atomic E-state index is 0.0719. The summed E-state index contributed by atoms with van der Waals surface area (Å²) < 4.78 is 25.4. The van der Waals surface area contributed by atoms with Gasteiger partial charge in [-0.3, -0.25) is 18.6 Å². The van der Waals surface area contributed by atoms with E-state index in [1.165, 1.54) is 0 Å². The van der Waals surface area contributed by atoms with Gasteiger partial charge in [0, 0.05) is 12.8 Å². The van der Waals surface area contributed by atoms with Gasteiger partial charge in [-0.2, -0.15) is 0 Å². The van der Waals surface area contributed by atoms with E-state index in [0.29, 0.717) is 6.42 Å². The van der Waals surface area contributed by atoms with Crippen LogP contribution in [0.1, 0.15) is 51.9 Å². The average molecular weight is 369 g/mol. The average Bonchev–Trinajstić information content (AvgIpc) is 2.52. The van der Waals surface area contributed by atoms with Crippen molar-refractivity contribution in [1.29, 1.82) is 0 Å². The number of phosphoric ester groups is 1. The van der Waals surface area contributed by atoms with E-state index < -0.39 is 26.4 Å². The summed E-state index contributed by atoms with van der Waals surface area (Å²) in [6.07, 6.45) is 5.78. The maximum atomic E-state index is 11.4. The number of hydrogen-bond acceptors (Lipinski definition) is 7. The predicted molar refractivity (Wildman–Crippen MR) is 86.3 cm³/mol. The Morgan fingerprint density at radius 1 is 1.08 bits per heavy atom. The molecule has 9 nitrogen and oxygen atoms in total. The van der Waals surface area contributed by atoms with Gasteiger partial charge in [-0.25, -0.2) is 4.57 Å². The van der Waals surface area contributed by atoms with Crippen molar-refractivity contribution >= 4 is 19.8 Å². The molecule has 0 aromatic heterocycles. The Morgan fingerprint density at radius 2 is 1.75 bits per heavy atom. The van der Waals surface area contributed by atoms with Crippen molar-refractivity contribution in [1.82, 2.24) is 0 Å². The van der Waals surface area contributed by atoms with E-state index in [0.717, 1.165) is 32.1 Å². The van der Waals surface area contributed by atoms with Crippen LogP contribution in [0.3, 0.4) is 0 Å². The summed E-state index contributed by atoms with van der Waals surface area (Å²) >= 11 is 0. The summed E-state index contributed by atoms with van der Waals surface area (Å²) in [6.45, 7) is 1.38. The van der Waals surface area contributed by atoms with Crippen LogP contribution >= 0.6 is 7.82 Å². The highest BCUT2D eigenvalue weighted by Crippen LogP contribution is 2.43. The van der Waals surface area contributed by atoms with E-state index in [1.54, 1.807) is 0 Å². The first-order valence-corrected chi connectivity index (χ1v) is 9.54. The Labute approximate surface area is 142 Å². The molecule has 0 spiro atoms. The summed E-state index contributed by atoms with van der Waals surface area (Å²) in [5.74, 6) is -1.65. The molecule has 0 saturated carbocycles. The van der Waals surface area contributed by atoms with E-state index in [1.807, 2.05) is 0 Å². The van der Waals surface area contributed by atoms with Crippen LogP contribution in [0.4, 0.5) is 0 Å². The number of esters is 1. The summed E-state index contributed by atoms with van der Waals surface area (Å²) in [6, 6.07) is -1.41. The zero-order valence-corrected chi connectivity index (χ0v) is 14.9. The highest BCUT2D eigenvalue weighted by Gasteiger charge is 2.24. The molecular formula is C14H28NO8P. The van der Waals surface area contributed by atoms with Crippen molar-refractivity contribution in [2.45, 2.75) is 57.9 Å². The molecule has 4 N–H and O–H groups in total. The van der Waals surface area contributed by atoms with E-state index in [9.17, 15) is 19.0 Å². The fraction of sp³-hybridized carbons (Fsp3) is 0.857. The topological polar surface area (TPSA) is 145 Å². The van der Waals surface area contributed by atoms with Crippen LogP contribution < -0.4 is 5.73 Å². The molecular weight excluding hydrogens is 341 g/mol. The largest absolute Gasteiger partial charge is 0.480 e. The standard InChI is InChI=1S/C14H28NO8P/c1-2-3-4-5-6-8-13(16)21-9-7-10-22-24(19,20)23-11-12(15)14(17)18/h12H,2-11,15H2,1H3,(H,17,18)(H,19,20)/t12-/m0/s1. The fourth-order valence-electron chi connectivity index (χ4n) is 1.65. The molecule has 0 aliphatic carbocycles. The number of rotatable bonds is 15. The highest BCUT2D eigenvalue weighted by atomic mass is 31.2. The van der Waals surface area contributed by atoms with E-state index in [4.69, 9.17) is 15.6 Å². The molecule has 0 saturated heterocycles. The molecule has 0 bridgehead atoms. The monoisotopic (exact) mass is 369 g/mol. The first-order chi connectivity index (χ1) is 11.3. The molecule has 1 unspecified atom stereocenters. The number of carbonyl (C=O) groups is 2. The number of aliphatic carboxylic acids is 1. The van der Waals surface area contributed by atoms with Crippen LogP contribution in [-0.4, -0.2) is 47.8 Å². The van der Waals surface area contributed by atoms with Gasteiger partial charge in [0.15, 0.2) is 0 Å². The van der Waals surface area contributed by atoms with Crippen molar-refractivity contribution in [2.24, 2.45) is 5.73 Å². The van der Waals surface area contributed by atoms with Crippen LogP contribution in [0.15, 0.2) is 0 Å². The normalized spacial score (nSPS) is 14.8. The Balaban J connectivity index is 3.64. The summed E-state index contributed by atoms with van der Waals surface area (Å²) in [5.41, 5.74) is 5.13. The first kappa shape index (κ1) is 23.0. The smallest absolute Gasteiger partial charge is 0.472 e. The van der Waals surface area contributed by atoms with Crippen molar-refractivity contribution in [2.75, 3.05) is 19.8 Å². The second kappa shape index (κ2) is 13.3. The van der Waals surface area contributed by atoms with Gasteiger partial charge >= 0.3 is 19.8 Å². The third-order valence-electron chi connectivity index (χ3n) is 3.03. The number of carboxylic acids is 1. The van der Waals surface area contributed by atoms with Gasteiger partial charge in [0.05, 0.1) is 19.8 Å². The quantitative estimate of drug-likeness (QED) is 0.223. The maximum Gasteiger partial charge on any atom is 0.472 e. The van der Waals surface area contributed by atoms with Gasteiger partial charge in [-0.15, -0.1) is 0 Å². The third-order valence-corrected chi connectivity index (χ3v) is 4.01. The lowest BCUT2D eigenvalue weighted by Crippen LogP contribution is -2.34. The molecule has 0 heterocycles. The maximum absolute atomic E-state index is 11.4. The van der Waals surface area contributed by atoms with Gasteiger partial charge in [0.1, 0.15) is 6.04 Å². The van der Waals surface area contributed by atoms with Crippen LogP contribution in [0, 0.1) is 0 Å². The Bertz CT molecular complexity index is 418. The van der Waals surface area contributed by atoms with Gasteiger partial charge in [-0.1, -0.05) is 32.6 Å². The second-order valence-corrected chi connectivity index (χ2v) is 6.73. The van der Waals surface area contributed by atoms with Crippen molar-refractivity contribution in [3.05, 3.63) is 0 Å².